The maximum Gasteiger partial charge on any atom is 0.160 e. The minimum absolute atomic E-state index is 0.142. The fraction of sp³-hybridized carbons (Fsp3) is 0.0571. The monoisotopic (exact) mass is 916 g/mol. The second-order valence-electron chi connectivity index (χ2n) is 19.9. The van der Waals surface area contributed by atoms with Crippen molar-refractivity contribution in [2.75, 3.05) is 0 Å². The normalized spacial score (nSPS) is 13.6. The molecule has 12 aromatic rings. The molecule has 14 rings (SSSR count). The van der Waals surface area contributed by atoms with Crippen molar-refractivity contribution in [3.63, 3.8) is 0 Å². The average molecular weight is 917 g/mol. The molecule has 0 unspecified atom stereocenters. The Morgan fingerprint density at radius 2 is 0.819 bits per heavy atom. The zero-order chi connectivity index (χ0) is 48.0. The largest absolute Gasteiger partial charge is 0.228 e. The molecule has 72 heavy (non-hydrogen) atoms. The summed E-state index contributed by atoms with van der Waals surface area (Å²) in [5, 5.41) is 4.93. The van der Waals surface area contributed by atoms with Gasteiger partial charge in [0.25, 0.3) is 0 Å². The number of fused-ring (bicyclic) bond motifs is 9. The van der Waals surface area contributed by atoms with Crippen LogP contribution in [0.25, 0.3) is 100.0 Å². The Kier molecular flexibility index (Phi) is 9.50. The Bertz CT molecular complexity index is 4060. The maximum absolute atomic E-state index is 5.47. The summed E-state index contributed by atoms with van der Waals surface area (Å²) >= 11 is 0. The van der Waals surface area contributed by atoms with Crippen molar-refractivity contribution >= 4 is 21.5 Å². The average Bonchev–Trinajstić information content (AvgIpc) is 3.89. The van der Waals surface area contributed by atoms with Gasteiger partial charge in [-0.1, -0.05) is 263 Å². The molecule has 0 N–H and O–H groups in total. The van der Waals surface area contributed by atoms with Gasteiger partial charge in [-0.2, -0.15) is 0 Å². The van der Waals surface area contributed by atoms with Gasteiger partial charge in [-0.05, 0) is 105 Å². The maximum atomic E-state index is 5.47. The summed E-state index contributed by atoms with van der Waals surface area (Å²) in [6, 6.07) is 93.2. The molecule has 0 saturated carbocycles. The van der Waals surface area contributed by atoms with E-state index in [0.717, 1.165) is 33.5 Å². The topological polar surface area (TPSA) is 25.8 Å². The highest BCUT2D eigenvalue weighted by Gasteiger charge is 2.47. The molecular weight excluding hydrogens is 869 g/mol. The van der Waals surface area contributed by atoms with E-state index in [2.05, 4.69) is 269 Å². The van der Waals surface area contributed by atoms with Crippen molar-refractivity contribution in [2.45, 2.75) is 24.7 Å². The quantitative estimate of drug-likeness (QED) is 0.159. The van der Waals surface area contributed by atoms with Gasteiger partial charge in [-0.15, -0.1) is 0 Å². The first-order chi connectivity index (χ1) is 35.5. The number of hydrogen-bond acceptors (Lipinski definition) is 2. The Morgan fingerprint density at radius 1 is 0.306 bits per heavy atom. The van der Waals surface area contributed by atoms with Gasteiger partial charge in [-0.3, -0.25) is 0 Å². The zero-order valence-corrected chi connectivity index (χ0v) is 40.1. The van der Waals surface area contributed by atoms with Crippen molar-refractivity contribution in [3.8, 4) is 78.4 Å². The highest BCUT2D eigenvalue weighted by atomic mass is 14.9. The number of nitrogens with zero attached hydrogens (tertiary/aromatic N) is 2. The van der Waals surface area contributed by atoms with Crippen molar-refractivity contribution in [3.05, 3.63) is 288 Å². The Hall–Kier alpha value is -8.98. The SMILES string of the molecule is CC1(C)c2ccc3ccccc3c2-c2cccc(-c3ccc(-c4ccc(-c5cc(-c6cccc7c6-c6ccccc6C7(c6ccccc6)c6ccccc6)nc(-c6ccccc6)n5)c5ccccc45)cc3)c21. The van der Waals surface area contributed by atoms with E-state index in [0.29, 0.717) is 5.82 Å². The number of rotatable bonds is 7. The van der Waals surface area contributed by atoms with E-state index in [1.165, 1.54) is 94.0 Å². The van der Waals surface area contributed by atoms with Gasteiger partial charge in [0.1, 0.15) is 0 Å². The predicted octanol–water partition coefficient (Wildman–Crippen LogP) is 17.8. The molecule has 0 bridgehead atoms. The van der Waals surface area contributed by atoms with Gasteiger partial charge in [-0.25, -0.2) is 9.97 Å². The molecule has 0 aliphatic heterocycles. The van der Waals surface area contributed by atoms with Crippen LogP contribution in [-0.4, -0.2) is 9.97 Å². The minimum Gasteiger partial charge on any atom is -0.228 e. The number of benzene rings is 11. The van der Waals surface area contributed by atoms with E-state index in [1.807, 2.05) is 0 Å². The Balaban J connectivity index is 0.907. The number of aromatic nitrogens is 2. The van der Waals surface area contributed by atoms with E-state index in [1.54, 1.807) is 0 Å². The summed E-state index contributed by atoms with van der Waals surface area (Å²) in [4.78, 5) is 10.9. The number of hydrogen-bond donors (Lipinski definition) is 0. The van der Waals surface area contributed by atoms with Gasteiger partial charge < -0.3 is 0 Å². The fourth-order valence-corrected chi connectivity index (χ4v) is 12.6. The second-order valence-corrected chi connectivity index (χ2v) is 19.9. The summed E-state index contributed by atoms with van der Waals surface area (Å²) in [6.07, 6.45) is 0. The van der Waals surface area contributed by atoms with Gasteiger partial charge >= 0.3 is 0 Å². The standard InChI is InChI=1S/C70H48N2/c1-69(2)61-43-40-45-20-12-13-27-52(45)65(61)59-33-18-31-53(67(59)69)47-38-36-46(37-39-47)51-41-42-56(55-29-15-14-28-54(51)55)63-44-64(72-68(71-63)48-21-6-3-7-22-48)58-32-19-35-62-66(58)57-30-16-17-34-60(57)70(62,49-23-8-4-9-24-49)50-25-10-5-11-26-50/h3-44H,1-2H3. The van der Waals surface area contributed by atoms with Crippen LogP contribution in [0.15, 0.2) is 255 Å². The smallest absolute Gasteiger partial charge is 0.160 e. The van der Waals surface area contributed by atoms with Crippen LogP contribution in [0.1, 0.15) is 47.2 Å². The molecule has 11 aromatic carbocycles. The van der Waals surface area contributed by atoms with Gasteiger partial charge in [0, 0.05) is 22.1 Å². The minimum atomic E-state index is -0.522. The fourth-order valence-electron chi connectivity index (χ4n) is 12.6. The summed E-state index contributed by atoms with van der Waals surface area (Å²) in [5.74, 6) is 0.694. The molecule has 0 atom stereocenters. The van der Waals surface area contributed by atoms with Crippen LogP contribution >= 0.6 is 0 Å². The van der Waals surface area contributed by atoms with Crippen molar-refractivity contribution < 1.29 is 0 Å². The lowest BCUT2D eigenvalue weighted by Crippen LogP contribution is -2.28. The summed E-state index contributed by atoms with van der Waals surface area (Å²) in [6.45, 7) is 4.77. The Labute approximate surface area is 420 Å². The van der Waals surface area contributed by atoms with Crippen molar-refractivity contribution in [1.82, 2.24) is 9.97 Å². The summed E-state index contributed by atoms with van der Waals surface area (Å²) in [7, 11) is 0. The molecule has 0 spiro atoms. The van der Waals surface area contributed by atoms with E-state index in [-0.39, 0.29) is 5.41 Å². The Morgan fingerprint density at radius 3 is 1.54 bits per heavy atom. The van der Waals surface area contributed by atoms with Gasteiger partial charge in [0.2, 0.25) is 0 Å². The molecule has 1 aromatic heterocycles. The molecule has 2 nitrogen and oxygen atoms in total. The molecule has 0 amide bonds. The van der Waals surface area contributed by atoms with Gasteiger partial charge in [0.15, 0.2) is 5.82 Å². The van der Waals surface area contributed by atoms with Crippen LogP contribution in [-0.2, 0) is 10.8 Å². The molecule has 2 aliphatic rings. The third-order valence-corrected chi connectivity index (χ3v) is 15.8. The predicted molar refractivity (Wildman–Crippen MR) is 299 cm³/mol. The molecule has 0 saturated heterocycles. The third kappa shape index (κ3) is 6.22. The first kappa shape index (κ1) is 41.9. The van der Waals surface area contributed by atoms with E-state index in [9.17, 15) is 0 Å². The van der Waals surface area contributed by atoms with Crippen LogP contribution in [0.4, 0.5) is 0 Å². The van der Waals surface area contributed by atoms with Crippen LogP contribution < -0.4 is 0 Å². The van der Waals surface area contributed by atoms with Gasteiger partial charge in [0.05, 0.1) is 16.8 Å². The van der Waals surface area contributed by atoms with Crippen LogP contribution in [0.5, 0.6) is 0 Å². The van der Waals surface area contributed by atoms with Crippen LogP contribution in [0.3, 0.4) is 0 Å². The molecule has 2 heteroatoms. The summed E-state index contributed by atoms with van der Waals surface area (Å²) in [5.41, 5.74) is 22.0. The van der Waals surface area contributed by atoms with E-state index in [4.69, 9.17) is 9.97 Å². The van der Waals surface area contributed by atoms with E-state index >= 15 is 0 Å². The summed E-state index contributed by atoms with van der Waals surface area (Å²) < 4.78 is 0. The molecule has 0 fully saturated rings. The van der Waals surface area contributed by atoms with E-state index < -0.39 is 5.41 Å². The van der Waals surface area contributed by atoms with Crippen LogP contribution in [0, 0.1) is 0 Å². The highest BCUT2D eigenvalue weighted by molar-refractivity contribution is 6.06. The van der Waals surface area contributed by atoms with Crippen molar-refractivity contribution in [2.24, 2.45) is 0 Å². The first-order valence-electron chi connectivity index (χ1n) is 25.1. The molecule has 1 heterocycles. The molecule has 2 aliphatic carbocycles. The second kappa shape index (κ2) is 16.3. The lowest BCUT2D eigenvalue weighted by molar-refractivity contribution is 0.662. The molecule has 0 radical (unpaired) electrons. The van der Waals surface area contributed by atoms with Crippen molar-refractivity contribution in [1.29, 1.82) is 0 Å². The third-order valence-electron chi connectivity index (χ3n) is 15.8. The zero-order valence-electron chi connectivity index (χ0n) is 40.1. The molecule has 338 valence electrons. The first-order valence-corrected chi connectivity index (χ1v) is 25.1. The molecular formula is C70H48N2. The van der Waals surface area contributed by atoms with Crippen LogP contribution in [0.2, 0.25) is 0 Å². The lowest BCUT2D eigenvalue weighted by Gasteiger charge is -2.33. The highest BCUT2D eigenvalue weighted by Crippen LogP contribution is 2.59. The lowest BCUT2D eigenvalue weighted by atomic mass is 9.67.